The van der Waals surface area contributed by atoms with E-state index >= 15 is 0 Å². The van der Waals surface area contributed by atoms with Crippen LogP contribution in [0.5, 0.6) is 5.75 Å². The van der Waals surface area contributed by atoms with E-state index in [1.807, 2.05) is 36.4 Å². The number of aliphatic hydroxyl groups is 1. The third-order valence-electron chi connectivity index (χ3n) is 5.09. The Labute approximate surface area is 177 Å². The number of ether oxygens (including phenoxy) is 1. The van der Waals surface area contributed by atoms with Crippen LogP contribution in [0.4, 0.5) is 5.13 Å². The van der Waals surface area contributed by atoms with E-state index in [1.54, 1.807) is 23.7 Å². The molecule has 0 radical (unpaired) electrons. The predicted octanol–water partition coefficient (Wildman–Crippen LogP) is 4.99. The molecule has 0 amide bonds. The van der Waals surface area contributed by atoms with Gasteiger partial charge >= 0.3 is 0 Å². The Balaban J connectivity index is 1.34. The summed E-state index contributed by atoms with van der Waals surface area (Å²) in [4.78, 5) is 8.65. The number of benzene rings is 2. The van der Waals surface area contributed by atoms with Crippen molar-refractivity contribution in [2.75, 3.05) is 5.32 Å². The number of aromatic nitrogens is 2. The van der Waals surface area contributed by atoms with Crippen molar-refractivity contribution in [1.29, 1.82) is 0 Å². The smallest absolute Gasteiger partial charge is 0.184 e. The minimum atomic E-state index is -0.455. The molecule has 2 atom stereocenters. The van der Waals surface area contributed by atoms with Gasteiger partial charge in [0.2, 0.25) is 0 Å². The molecule has 2 N–H and O–H groups in total. The molecule has 0 saturated heterocycles. The molecule has 1 unspecified atom stereocenters. The molecule has 2 heterocycles. The molecule has 2 aromatic heterocycles. The van der Waals surface area contributed by atoms with Crippen molar-refractivity contribution in [2.24, 2.45) is 0 Å². The highest BCUT2D eigenvalue weighted by Crippen LogP contribution is 2.37. The number of pyridine rings is 1. The van der Waals surface area contributed by atoms with Gasteiger partial charge in [-0.25, -0.2) is 4.98 Å². The zero-order valence-electron chi connectivity index (χ0n) is 15.4. The summed E-state index contributed by atoms with van der Waals surface area (Å²) in [5.41, 5.74) is 4.11. The topological polar surface area (TPSA) is 67.3 Å². The summed E-state index contributed by atoms with van der Waals surface area (Å²) in [5, 5.41) is 15.3. The molecule has 5 rings (SSSR count). The summed E-state index contributed by atoms with van der Waals surface area (Å²) in [6, 6.07) is 15.7. The average Bonchev–Trinajstić information content (AvgIpc) is 3.27. The van der Waals surface area contributed by atoms with E-state index in [9.17, 15) is 5.11 Å². The number of aliphatic hydroxyl groups excluding tert-OH is 1. The van der Waals surface area contributed by atoms with Crippen molar-refractivity contribution in [3.8, 4) is 5.75 Å². The van der Waals surface area contributed by atoms with Crippen LogP contribution in [0.15, 0.2) is 60.9 Å². The minimum Gasteiger partial charge on any atom is -0.489 e. The quantitative estimate of drug-likeness (QED) is 0.473. The molecular weight excluding hydrogens is 406 g/mol. The largest absolute Gasteiger partial charge is 0.489 e. The second-order valence-corrected chi connectivity index (χ2v) is 8.43. The lowest BCUT2D eigenvalue weighted by molar-refractivity contribution is 0.166. The van der Waals surface area contributed by atoms with E-state index in [0.717, 1.165) is 32.2 Å². The first kappa shape index (κ1) is 18.4. The highest BCUT2D eigenvalue weighted by Gasteiger charge is 2.31. The third-order valence-corrected chi connectivity index (χ3v) is 6.38. The zero-order chi connectivity index (χ0) is 19.8. The van der Waals surface area contributed by atoms with Gasteiger partial charge in [-0.15, -0.1) is 0 Å². The second-order valence-electron chi connectivity index (χ2n) is 7.00. The fraction of sp³-hybridized carbons (Fsp3) is 0.182. The number of nitrogens with one attached hydrogen (secondary N) is 1. The SMILES string of the molecule is O[C@H]1Cc2ccccc2C1Nc1nc2ccc(OCc3ccncc3Cl)cc2s1. The van der Waals surface area contributed by atoms with Crippen molar-refractivity contribution < 1.29 is 9.84 Å². The van der Waals surface area contributed by atoms with Crippen LogP contribution in [-0.4, -0.2) is 21.2 Å². The molecule has 4 aromatic rings. The lowest BCUT2D eigenvalue weighted by atomic mass is 10.1. The first-order valence-corrected chi connectivity index (χ1v) is 10.5. The molecule has 1 aliphatic carbocycles. The Hall–Kier alpha value is -2.67. The standard InChI is InChI=1S/C22H18ClN3O2S/c23-17-11-24-8-7-14(17)12-28-15-5-6-18-20(10-15)29-22(25-18)26-21-16-4-2-1-3-13(16)9-19(21)27/h1-8,10-11,19,21,27H,9,12H2,(H,25,26)/t19-,21?/m0/s1. The molecule has 1 aliphatic rings. The predicted molar refractivity (Wildman–Crippen MR) is 116 cm³/mol. The highest BCUT2D eigenvalue weighted by atomic mass is 35.5. The van der Waals surface area contributed by atoms with Crippen LogP contribution in [0.25, 0.3) is 10.2 Å². The summed E-state index contributed by atoms with van der Waals surface area (Å²) in [7, 11) is 0. The monoisotopic (exact) mass is 423 g/mol. The Morgan fingerprint density at radius 1 is 1.21 bits per heavy atom. The second kappa shape index (κ2) is 7.63. The van der Waals surface area contributed by atoms with Crippen LogP contribution in [-0.2, 0) is 13.0 Å². The van der Waals surface area contributed by atoms with E-state index in [1.165, 1.54) is 5.56 Å². The number of halogens is 1. The Morgan fingerprint density at radius 2 is 2.10 bits per heavy atom. The fourth-order valence-electron chi connectivity index (χ4n) is 3.62. The maximum Gasteiger partial charge on any atom is 0.184 e. The van der Waals surface area contributed by atoms with Gasteiger partial charge in [0, 0.05) is 24.4 Å². The molecule has 0 saturated carbocycles. The Kier molecular flexibility index (Phi) is 4.83. The number of thiazole rings is 1. The zero-order valence-corrected chi connectivity index (χ0v) is 17.0. The van der Waals surface area contributed by atoms with Gasteiger partial charge in [-0.1, -0.05) is 47.2 Å². The molecule has 7 heteroatoms. The number of nitrogens with zero attached hydrogens (tertiary/aromatic N) is 2. The molecule has 0 spiro atoms. The summed E-state index contributed by atoms with van der Waals surface area (Å²) in [6.45, 7) is 0.377. The highest BCUT2D eigenvalue weighted by molar-refractivity contribution is 7.22. The number of hydrogen-bond acceptors (Lipinski definition) is 6. The lowest BCUT2D eigenvalue weighted by Gasteiger charge is -2.16. The van der Waals surface area contributed by atoms with E-state index in [0.29, 0.717) is 18.1 Å². The van der Waals surface area contributed by atoms with E-state index < -0.39 is 6.10 Å². The third kappa shape index (κ3) is 3.67. The maximum absolute atomic E-state index is 10.5. The summed E-state index contributed by atoms with van der Waals surface area (Å²) < 4.78 is 6.91. The van der Waals surface area contributed by atoms with E-state index in [2.05, 4.69) is 27.4 Å². The number of hydrogen-bond donors (Lipinski definition) is 2. The lowest BCUT2D eigenvalue weighted by Crippen LogP contribution is -2.20. The Morgan fingerprint density at radius 3 is 3.00 bits per heavy atom. The first-order valence-electron chi connectivity index (χ1n) is 9.31. The number of fused-ring (bicyclic) bond motifs is 2. The van der Waals surface area contributed by atoms with Gasteiger partial charge in [0.1, 0.15) is 12.4 Å². The molecule has 0 bridgehead atoms. The van der Waals surface area contributed by atoms with Crippen molar-refractivity contribution in [3.05, 3.63) is 82.6 Å². The molecule has 0 fully saturated rings. The van der Waals surface area contributed by atoms with Crippen molar-refractivity contribution in [1.82, 2.24) is 9.97 Å². The normalized spacial score (nSPS) is 18.0. The molecule has 29 heavy (non-hydrogen) atoms. The molecule has 0 aliphatic heterocycles. The van der Waals surface area contributed by atoms with E-state index in [-0.39, 0.29) is 6.04 Å². The number of anilines is 1. The van der Waals surface area contributed by atoms with Gasteiger partial charge in [-0.05, 0) is 35.4 Å². The molecule has 5 nitrogen and oxygen atoms in total. The van der Waals surface area contributed by atoms with Crippen LogP contribution in [0.2, 0.25) is 5.02 Å². The van der Waals surface area contributed by atoms with Crippen molar-refractivity contribution in [3.63, 3.8) is 0 Å². The van der Waals surface area contributed by atoms with Gasteiger partial charge in [0.05, 0.1) is 27.4 Å². The van der Waals surface area contributed by atoms with Gasteiger partial charge < -0.3 is 15.2 Å². The van der Waals surface area contributed by atoms with Crippen LogP contribution >= 0.6 is 22.9 Å². The minimum absolute atomic E-state index is 0.142. The summed E-state index contributed by atoms with van der Waals surface area (Å²) in [5.74, 6) is 0.756. The Bertz CT molecular complexity index is 1180. The molecular formula is C22H18ClN3O2S. The summed E-state index contributed by atoms with van der Waals surface area (Å²) >= 11 is 7.69. The summed E-state index contributed by atoms with van der Waals surface area (Å²) in [6.07, 6.45) is 3.52. The first-order chi connectivity index (χ1) is 14.2. The average molecular weight is 424 g/mol. The van der Waals surface area contributed by atoms with Crippen LogP contribution in [0, 0.1) is 0 Å². The van der Waals surface area contributed by atoms with Gasteiger partial charge in [-0.2, -0.15) is 0 Å². The fourth-order valence-corrected chi connectivity index (χ4v) is 4.72. The van der Waals surface area contributed by atoms with Crippen molar-refractivity contribution >= 4 is 38.3 Å². The van der Waals surface area contributed by atoms with E-state index in [4.69, 9.17) is 16.3 Å². The maximum atomic E-state index is 10.5. The van der Waals surface area contributed by atoms with Crippen molar-refractivity contribution in [2.45, 2.75) is 25.2 Å². The molecule has 146 valence electrons. The number of rotatable bonds is 5. The van der Waals surface area contributed by atoms with Gasteiger partial charge in [0.25, 0.3) is 0 Å². The van der Waals surface area contributed by atoms with Crippen LogP contribution in [0.1, 0.15) is 22.7 Å². The van der Waals surface area contributed by atoms with Gasteiger partial charge in [-0.3, -0.25) is 4.98 Å². The molecule has 2 aromatic carbocycles. The van der Waals surface area contributed by atoms with Gasteiger partial charge in [0.15, 0.2) is 5.13 Å². The van der Waals surface area contributed by atoms with Crippen LogP contribution < -0.4 is 10.1 Å². The van der Waals surface area contributed by atoms with Crippen LogP contribution in [0.3, 0.4) is 0 Å².